The number of benzene rings is 6. The predicted octanol–water partition coefficient (Wildman–Crippen LogP) is 12.9. The summed E-state index contributed by atoms with van der Waals surface area (Å²) in [6.45, 7) is 0.567. The van der Waals surface area contributed by atoms with Crippen LogP contribution in [-0.4, -0.2) is 5.71 Å². The zero-order valence-corrected chi connectivity index (χ0v) is 28.9. The second-order valence-electron chi connectivity index (χ2n) is 14.1. The molecule has 1 heterocycles. The fourth-order valence-corrected chi connectivity index (χ4v) is 8.47. The average Bonchev–Trinajstić information content (AvgIpc) is 3.59. The van der Waals surface area contributed by atoms with E-state index in [0.29, 0.717) is 18.4 Å². The molecular weight excluding hydrogens is 631 g/mol. The minimum Gasteiger partial charge on any atom is -0.456 e. The van der Waals surface area contributed by atoms with Crippen LogP contribution in [0.4, 0.5) is 0 Å². The van der Waals surface area contributed by atoms with Crippen molar-refractivity contribution in [3.8, 4) is 22.3 Å². The van der Waals surface area contributed by atoms with Gasteiger partial charge in [0.2, 0.25) is 0 Å². The zero-order valence-electron chi connectivity index (χ0n) is 28.9. The number of hydrogen-bond acceptors (Lipinski definition) is 2. The molecule has 0 spiro atoms. The Morgan fingerprint density at radius 1 is 0.596 bits per heavy atom. The summed E-state index contributed by atoms with van der Waals surface area (Å²) in [5.41, 5.74) is 16.9. The summed E-state index contributed by atoms with van der Waals surface area (Å²) in [5, 5.41) is 2.25. The van der Waals surface area contributed by atoms with Gasteiger partial charge in [0.1, 0.15) is 11.2 Å². The normalized spacial score (nSPS) is 17.2. The zero-order chi connectivity index (χ0) is 34.4. The summed E-state index contributed by atoms with van der Waals surface area (Å²) in [6.07, 6.45) is 16.2. The Bertz CT molecular complexity index is 2610. The van der Waals surface area contributed by atoms with E-state index in [1.54, 1.807) is 0 Å². The molecule has 3 aliphatic carbocycles. The van der Waals surface area contributed by atoms with Crippen LogP contribution in [0.15, 0.2) is 191 Å². The van der Waals surface area contributed by atoms with E-state index in [-0.39, 0.29) is 0 Å². The van der Waals surface area contributed by atoms with Gasteiger partial charge in [-0.05, 0) is 93.3 Å². The van der Waals surface area contributed by atoms with Gasteiger partial charge >= 0.3 is 0 Å². The van der Waals surface area contributed by atoms with Gasteiger partial charge in [-0.25, -0.2) is 0 Å². The average molecular weight is 668 g/mol. The summed E-state index contributed by atoms with van der Waals surface area (Å²) in [6, 6.07) is 50.0. The molecule has 0 aliphatic heterocycles. The molecule has 0 N–H and O–H groups in total. The molecule has 3 aliphatic rings. The Kier molecular flexibility index (Phi) is 7.53. The van der Waals surface area contributed by atoms with Gasteiger partial charge in [-0.2, -0.15) is 0 Å². The SMILES string of the molecule is C1=CC2C3=C(CCC=C3)c3ccc(-c4cccc(-c5ccc6c(c5)oc5cc(CN=C(c7ccccc7)c7ccccc7)ccc56)c4)cc3C2C=C1. The molecule has 0 radical (unpaired) electrons. The Morgan fingerprint density at radius 3 is 2.02 bits per heavy atom. The molecule has 6 aromatic carbocycles. The summed E-state index contributed by atoms with van der Waals surface area (Å²) < 4.78 is 6.53. The van der Waals surface area contributed by atoms with Gasteiger partial charge in [0.05, 0.1) is 12.3 Å². The Balaban J connectivity index is 0.961. The maximum Gasteiger partial charge on any atom is 0.136 e. The molecule has 1 aromatic heterocycles. The van der Waals surface area contributed by atoms with Crippen LogP contribution in [0.3, 0.4) is 0 Å². The Labute approximate surface area is 304 Å². The molecule has 10 rings (SSSR count). The summed E-state index contributed by atoms with van der Waals surface area (Å²) in [5.74, 6) is 0.799. The van der Waals surface area contributed by atoms with Crippen LogP contribution < -0.4 is 0 Å². The smallest absolute Gasteiger partial charge is 0.136 e. The third-order valence-corrected chi connectivity index (χ3v) is 11.0. The number of fused-ring (bicyclic) bond motifs is 8. The highest BCUT2D eigenvalue weighted by molar-refractivity contribution is 6.13. The van der Waals surface area contributed by atoms with E-state index in [1.807, 2.05) is 12.1 Å². The van der Waals surface area contributed by atoms with E-state index in [1.165, 1.54) is 39.0 Å². The molecule has 2 heteroatoms. The number of aliphatic imine (C=N–C) groups is 1. The molecule has 52 heavy (non-hydrogen) atoms. The van der Waals surface area contributed by atoms with Gasteiger partial charge in [0, 0.05) is 33.7 Å². The lowest BCUT2D eigenvalue weighted by Crippen LogP contribution is -2.21. The highest BCUT2D eigenvalue weighted by atomic mass is 16.3. The maximum atomic E-state index is 6.53. The van der Waals surface area contributed by atoms with Gasteiger partial charge in [-0.15, -0.1) is 0 Å². The van der Waals surface area contributed by atoms with E-state index >= 15 is 0 Å². The molecule has 2 nitrogen and oxygen atoms in total. The summed E-state index contributed by atoms with van der Waals surface area (Å²) >= 11 is 0. The van der Waals surface area contributed by atoms with Crippen LogP contribution in [0, 0.1) is 5.92 Å². The molecule has 0 saturated heterocycles. The van der Waals surface area contributed by atoms with Crippen molar-refractivity contribution in [3.05, 3.63) is 209 Å². The fourth-order valence-electron chi connectivity index (χ4n) is 8.47. The van der Waals surface area contributed by atoms with Crippen LogP contribution in [0.2, 0.25) is 0 Å². The molecule has 2 unspecified atom stereocenters. The summed E-state index contributed by atoms with van der Waals surface area (Å²) in [7, 11) is 0. The number of hydrogen-bond donors (Lipinski definition) is 0. The summed E-state index contributed by atoms with van der Waals surface area (Å²) in [4.78, 5) is 5.11. The van der Waals surface area contributed by atoms with Gasteiger partial charge in [0.15, 0.2) is 0 Å². The first-order chi connectivity index (χ1) is 25.8. The van der Waals surface area contributed by atoms with Crippen LogP contribution in [0.5, 0.6) is 0 Å². The molecule has 7 aromatic rings. The van der Waals surface area contributed by atoms with Gasteiger partial charge in [-0.3, -0.25) is 4.99 Å². The van der Waals surface area contributed by atoms with Crippen LogP contribution in [-0.2, 0) is 6.54 Å². The third kappa shape index (κ3) is 5.39. The largest absolute Gasteiger partial charge is 0.456 e. The number of furan rings is 1. The van der Waals surface area contributed by atoms with Crippen molar-refractivity contribution in [2.24, 2.45) is 10.9 Å². The predicted molar refractivity (Wildman–Crippen MR) is 217 cm³/mol. The molecule has 2 atom stereocenters. The van der Waals surface area contributed by atoms with Gasteiger partial charge in [0.25, 0.3) is 0 Å². The first-order valence-electron chi connectivity index (χ1n) is 18.4. The molecule has 248 valence electrons. The van der Waals surface area contributed by atoms with Crippen molar-refractivity contribution < 1.29 is 4.42 Å². The number of rotatable bonds is 6. The van der Waals surface area contributed by atoms with Gasteiger partial charge in [-0.1, -0.05) is 146 Å². The van der Waals surface area contributed by atoms with E-state index in [4.69, 9.17) is 9.41 Å². The number of nitrogens with zero attached hydrogens (tertiary/aromatic N) is 1. The lowest BCUT2D eigenvalue weighted by molar-refractivity contribution is 0.656. The van der Waals surface area contributed by atoms with E-state index in [9.17, 15) is 0 Å². The molecule has 0 bridgehead atoms. The topological polar surface area (TPSA) is 25.5 Å². The van der Waals surface area contributed by atoms with Crippen molar-refractivity contribution in [1.82, 2.24) is 0 Å². The van der Waals surface area contributed by atoms with Crippen LogP contribution in [0.25, 0.3) is 49.8 Å². The van der Waals surface area contributed by atoms with Crippen molar-refractivity contribution in [3.63, 3.8) is 0 Å². The minimum absolute atomic E-state index is 0.377. The molecule has 0 fully saturated rings. The Morgan fingerprint density at radius 2 is 1.25 bits per heavy atom. The maximum absolute atomic E-state index is 6.53. The minimum atomic E-state index is 0.377. The van der Waals surface area contributed by atoms with Crippen molar-refractivity contribution in [2.45, 2.75) is 25.3 Å². The van der Waals surface area contributed by atoms with E-state index < -0.39 is 0 Å². The molecule has 0 amide bonds. The third-order valence-electron chi connectivity index (χ3n) is 11.0. The standard InChI is InChI=1S/C50H37NO/c1-3-12-34(13-4-1)50(35-14-5-2-6-15-35)51-32-33-22-25-45-46-27-24-39(31-49(46)52-48(45)28-33)37-17-11-16-36(29-37)38-23-26-44-42-20-8-7-18-40(42)41-19-9-10-21-43(41)47(44)30-38/h1-7,9-19,21-31,41,43H,8,20,32H2. The van der Waals surface area contributed by atoms with Crippen LogP contribution in [0.1, 0.15) is 46.6 Å². The molecule has 0 saturated carbocycles. The first-order valence-corrected chi connectivity index (χ1v) is 18.4. The molecular formula is C50H37NO. The highest BCUT2D eigenvalue weighted by Crippen LogP contribution is 2.49. The second-order valence-corrected chi connectivity index (χ2v) is 14.1. The second kappa shape index (κ2) is 12.8. The Hall–Kier alpha value is -6.25. The highest BCUT2D eigenvalue weighted by Gasteiger charge is 2.33. The number of allylic oxidation sites excluding steroid dienone is 8. The van der Waals surface area contributed by atoms with Crippen molar-refractivity contribution in [2.75, 3.05) is 0 Å². The quantitative estimate of drug-likeness (QED) is 0.162. The first kappa shape index (κ1) is 30.6. The van der Waals surface area contributed by atoms with Crippen LogP contribution >= 0.6 is 0 Å². The van der Waals surface area contributed by atoms with Crippen molar-refractivity contribution in [1.29, 1.82) is 0 Å². The lowest BCUT2D eigenvalue weighted by Gasteiger charge is -2.36. The van der Waals surface area contributed by atoms with E-state index in [2.05, 4.69) is 164 Å². The van der Waals surface area contributed by atoms with E-state index in [0.717, 1.165) is 62.7 Å². The lowest BCUT2D eigenvalue weighted by atomic mass is 9.67. The van der Waals surface area contributed by atoms with Crippen molar-refractivity contribution >= 4 is 33.2 Å². The van der Waals surface area contributed by atoms with Gasteiger partial charge < -0.3 is 4.42 Å². The fraction of sp³-hybridized carbons (Fsp3) is 0.100. The monoisotopic (exact) mass is 667 g/mol.